The first kappa shape index (κ1) is 17.2. The van der Waals surface area contributed by atoms with Gasteiger partial charge in [0.25, 0.3) is 0 Å². The highest BCUT2D eigenvalue weighted by Gasteiger charge is 2.06. The predicted octanol–water partition coefficient (Wildman–Crippen LogP) is 2.78. The second-order valence-electron chi connectivity index (χ2n) is 5.31. The fourth-order valence-corrected chi connectivity index (χ4v) is 2.07. The zero-order chi connectivity index (χ0) is 15.7. The van der Waals surface area contributed by atoms with Crippen LogP contribution in [0.3, 0.4) is 0 Å². The van der Waals surface area contributed by atoms with Crippen molar-refractivity contribution in [2.45, 2.75) is 38.5 Å². The molecule has 1 rings (SSSR count). The van der Waals surface area contributed by atoms with Gasteiger partial charge >= 0.3 is 0 Å². The quantitative estimate of drug-likeness (QED) is 0.318. The van der Waals surface area contributed by atoms with E-state index in [1.165, 1.54) is 0 Å². The van der Waals surface area contributed by atoms with Gasteiger partial charge in [-0.05, 0) is 37.1 Å². The minimum atomic E-state index is -0.355. The highest BCUT2D eigenvalue weighted by Crippen LogP contribution is 2.15. The third kappa shape index (κ3) is 6.40. The summed E-state index contributed by atoms with van der Waals surface area (Å²) in [5, 5.41) is 8.34. The number of nitrogens with one attached hydrogen (secondary N) is 1. The van der Waals surface area contributed by atoms with Crippen LogP contribution in [0.5, 0.6) is 0 Å². The summed E-state index contributed by atoms with van der Waals surface area (Å²) in [5.74, 6) is -0.194. The van der Waals surface area contributed by atoms with E-state index in [0.29, 0.717) is 12.8 Å². The molecule has 116 valence electrons. The van der Waals surface area contributed by atoms with Gasteiger partial charge in [0.15, 0.2) is 5.78 Å². The summed E-state index contributed by atoms with van der Waals surface area (Å²) in [6.45, 7) is 0. The number of hydrogen-bond acceptors (Lipinski definition) is 4. The van der Waals surface area contributed by atoms with E-state index in [2.05, 4.69) is 0 Å². The molecule has 0 spiro atoms. The number of unbranched alkanes of at least 4 members (excludes halogenated alkanes) is 3. The zero-order valence-electron chi connectivity index (χ0n) is 12.8. The molecule has 1 aromatic rings. The predicted molar refractivity (Wildman–Crippen MR) is 82.7 cm³/mol. The summed E-state index contributed by atoms with van der Waals surface area (Å²) >= 11 is 0. The first-order valence-electron chi connectivity index (χ1n) is 7.28. The van der Waals surface area contributed by atoms with E-state index in [1.807, 2.05) is 43.3 Å². The van der Waals surface area contributed by atoms with Crippen LogP contribution in [0.4, 0.5) is 5.69 Å². The summed E-state index contributed by atoms with van der Waals surface area (Å²) in [5.41, 5.74) is 3.44. The van der Waals surface area contributed by atoms with Crippen molar-refractivity contribution in [3.05, 3.63) is 29.8 Å². The standard InChI is InChI=1S/C16H24N2O3/c1-18(2)14-11-9-13(10-12-14)15(19)7-5-3-4-6-8-16(20)17-21/h9-12,21H,3-8H2,1-2H3,(H,17,20). The normalized spacial score (nSPS) is 10.2. The number of anilines is 1. The highest BCUT2D eigenvalue weighted by molar-refractivity contribution is 5.96. The zero-order valence-corrected chi connectivity index (χ0v) is 12.8. The maximum Gasteiger partial charge on any atom is 0.243 e. The molecule has 0 bridgehead atoms. The smallest absolute Gasteiger partial charge is 0.243 e. The molecule has 0 saturated heterocycles. The van der Waals surface area contributed by atoms with Crippen molar-refractivity contribution in [1.82, 2.24) is 5.48 Å². The second-order valence-corrected chi connectivity index (χ2v) is 5.31. The van der Waals surface area contributed by atoms with Crippen molar-refractivity contribution >= 4 is 17.4 Å². The van der Waals surface area contributed by atoms with Crippen LogP contribution < -0.4 is 10.4 Å². The fraction of sp³-hybridized carbons (Fsp3) is 0.500. The molecule has 21 heavy (non-hydrogen) atoms. The van der Waals surface area contributed by atoms with E-state index in [9.17, 15) is 9.59 Å². The molecule has 1 amide bonds. The molecule has 0 radical (unpaired) electrons. The fourth-order valence-electron chi connectivity index (χ4n) is 2.07. The molecule has 2 N–H and O–H groups in total. The number of carbonyl (C=O) groups is 2. The van der Waals surface area contributed by atoms with Gasteiger partial charge in [0, 0.05) is 38.2 Å². The van der Waals surface area contributed by atoms with Gasteiger partial charge in [-0.15, -0.1) is 0 Å². The third-order valence-corrected chi connectivity index (χ3v) is 3.39. The number of ketones is 1. The van der Waals surface area contributed by atoms with Gasteiger partial charge in [0.1, 0.15) is 0 Å². The van der Waals surface area contributed by atoms with Gasteiger partial charge in [-0.3, -0.25) is 14.8 Å². The van der Waals surface area contributed by atoms with Crippen molar-refractivity contribution in [1.29, 1.82) is 0 Å². The van der Waals surface area contributed by atoms with Gasteiger partial charge in [-0.2, -0.15) is 0 Å². The number of rotatable bonds is 9. The average molecular weight is 292 g/mol. The monoisotopic (exact) mass is 292 g/mol. The van der Waals surface area contributed by atoms with Crippen molar-refractivity contribution in [2.75, 3.05) is 19.0 Å². The number of Topliss-reactive ketones (excluding diaryl/α,β-unsaturated/α-hetero) is 1. The Bertz CT molecular complexity index is 455. The van der Waals surface area contributed by atoms with Crippen molar-refractivity contribution in [2.24, 2.45) is 0 Å². The Kier molecular flexibility index (Phi) is 7.46. The summed E-state index contributed by atoms with van der Waals surface area (Å²) in [6, 6.07) is 7.62. The van der Waals surface area contributed by atoms with E-state index >= 15 is 0 Å². The van der Waals surface area contributed by atoms with Crippen LogP contribution in [0.15, 0.2) is 24.3 Å². The van der Waals surface area contributed by atoms with E-state index in [4.69, 9.17) is 5.21 Å². The summed E-state index contributed by atoms with van der Waals surface area (Å²) in [4.78, 5) is 24.8. The molecule has 0 atom stereocenters. The molecule has 0 fully saturated rings. The van der Waals surface area contributed by atoms with Crippen LogP contribution in [0.25, 0.3) is 0 Å². The van der Waals surface area contributed by atoms with E-state index in [0.717, 1.165) is 36.9 Å². The summed E-state index contributed by atoms with van der Waals surface area (Å²) in [6.07, 6.45) is 4.23. The molecule has 0 aliphatic rings. The van der Waals surface area contributed by atoms with E-state index in [1.54, 1.807) is 5.48 Å². The number of amides is 1. The second kappa shape index (κ2) is 9.13. The van der Waals surface area contributed by atoms with Crippen LogP contribution in [0.1, 0.15) is 48.9 Å². The topological polar surface area (TPSA) is 69.6 Å². The Labute approximate surface area is 125 Å². The maximum absolute atomic E-state index is 12.0. The lowest BCUT2D eigenvalue weighted by Gasteiger charge is -2.12. The van der Waals surface area contributed by atoms with Crippen LogP contribution >= 0.6 is 0 Å². The molecule has 0 aliphatic carbocycles. The molecular formula is C16H24N2O3. The van der Waals surface area contributed by atoms with Crippen molar-refractivity contribution < 1.29 is 14.8 Å². The molecule has 0 aromatic heterocycles. The van der Waals surface area contributed by atoms with Gasteiger partial charge in [-0.1, -0.05) is 12.8 Å². The lowest BCUT2D eigenvalue weighted by atomic mass is 10.0. The van der Waals surface area contributed by atoms with Crippen LogP contribution in [-0.4, -0.2) is 31.0 Å². The third-order valence-electron chi connectivity index (χ3n) is 3.39. The van der Waals surface area contributed by atoms with Crippen LogP contribution in [0, 0.1) is 0 Å². The van der Waals surface area contributed by atoms with Gasteiger partial charge in [-0.25, -0.2) is 5.48 Å². The van der Waals surface area contributed by atoms with E-state index < -0.39 is 0 Å². The molecule has 5 nitrogen and oxygen atoms in total. The Hall–Kier alpha value is -1.88. The van der Waals surface area contributed by atoms with Gasteiger partial charge in [0.2, 0.25) is 5.91 Å². The first-order valence-corrected chi connectivity index (χ1v) is 7.28. The number of hydroxylamine groups is 1. The number of nitrogens with zero attached hydrogens (tertiary/aromatic N) is 1. The van der Waals surface area contributed by atoms with Gasteiger partial charge < -0.3 is 4.90 Å². The Morgan fingerprint density at radius 3 is 2.10 bits per heavy atom. The van der Waals surface area contributed by atoms with Crippen molar-refractivity contribution in [3.63, 3.8) is 0 Å². The summed E-state index contributed by atoms with van der Waals surface area (Å²) < 4.78 is 0. The van der Waals surface area contributed by atoms with Crippen LogP contribution in [0.2, 0.25) is 0 Å². The van der Waals surface area contributed by atoms with E-state index in [-0.39, 0.29) is 11.7 Å². The molecule has 0 unspecified atom stereocenters. The molecule has 1 aromatic carbocycles. The molecule has 0 heterocycles. The number of carbonyl (C=O) groups excluding carboxylic acids is 2. The minimum absolute atomic E-state index is 0.161. The first-order chi connectivity index (χ1) is 10.0. The Morgan fingerprint density at radius 1 is 1.00 bits per heavy atom. The SMILES string of the molecule is CN(C)c1ccc(C(=O)CCCCCCC(=O)NO)cc1. The lowest BCUT2D eigenvalue weighted by molar-refractivity contribution is -0.129. The minimum Gasteiger partial charge on any atom is -0.378 e. The number of benzene rings is 1. The maximum atomic E-state index is 12.0. The largest absolute Gasteiger partial charge is 0.378 e. The van der Waals surface area contributed by atoms with Gasteiger partial charge in [0.05, 0.1) is 0 Å². The van der Waals surface area contributed by atoms with Crippen molar-refractivity contribution in [3.8, 4) is 0 Å². The molecular weight excluding hydrogens is 268 g/mol. The molecule has 0 saturated carbocycles. The lowest BCUT2D eigenvalue weighted by Crippen LogP contribution is -2.17. The molecule has 0 aliphatic heterocycles. The average Bonchev–Trinajstić information content (AvgIpc) is 2.50. The Morgan fingerprint density at radius 2 is 1.57 bits per heavy atom. The number of hydrogen-bond donors (Lipinski definition) is 2. The van der Waals surface area contributed by atoms with Crippen LogP contribution in [-0.2, 0) is 4.79 Å². The highest BCUT2D eigenvalue weighted by atomic mass is 16.5. The molecule has 5 heteroatoms. The Balaban J connectivity index is 2.23. The summed E-state index contributed by atoms with van der Waals surface area (Å²) in [7, 11) is 3.93.